The molecule has 0 aliphatic carbocycles. The van der Waals surface area contributed by atoms with E-state index in [0.29, 0.717) is 6.61 Å². The molecule has 0 fully saturated rings. The Morgan fingerprint density at radius 1 is 1.39 bits per heavy atom. The standard InChI is InChI=1S/C13H13BrINO2/c1-17-7-9-3-5-12(18-9)13(16)10-6-8(15)2-4-11(10)14/h2-6,13H,7,16H2,1H3. The van der Waals surface area contributed by atoms with Gasteiger partial charge in [0.15, 0.2) is 0 Å². The van der Waals surface area contributed by atoms with Crippen LogP contribution in [0.3, 0.4) is 0 Å². The van der Waals surface area contributed by atoms with E-state index in [1.54, 1.807) is 7.11 Å². The summed E-state index contributed by atoms with van der Waals surface area (Å²) in [5, 5.41) is 0. The van der Waals surface area contributed by atoms with E-state index in [-0.39, 0.29) is 6.04 Å². The fourth-order valence-electron chi connectivity index (χ4n) is 1.69. The summed E-state index contributed by atoms with van der Waals surface area (Å²) < 4.78 is 12.8. The summed E-state index contributed by atoms with van der Waals surface area (Å²) >= 11 is 5.78. The number of nitrogens with two attached hydrogens (primary N) is 1. The summed E-state index contributed by atoms with van der Waals surface area (Å²) in [6.45, 7) is 0.459. The molecule has 0 aliphatic heterocycles. The molecule has 1 heterocycles. The second kappa shape index (κ2) is 6.18. The third-order valence-electron chi connectivity index (χ3n) is 2.57. The van der Waals surface area contributed by atoms with E-state index in [2.05, 4.69) is 38.5 Å². The molecule has 0 bridgehead atoms. The molecule has 18 heavy (non-hydrogen) atoms. The topological polar surface area (TPSA) is 48.4 Å². The van der Waals surface area contributed by atoms with Gasteiger partial charge in [0.25, 0.3) is 0 Å². The van der Waals surface area contributed by atoms with E-state index >= 15 is 0 Å². The van der Waals surface area contributed by atoms with Crippen molar-refractivity contribution in [2.75, 3.05) is 7.11 Å². The zero-order chi connectivity index (χ0) is 13.1. The molecule has 1 aromatic carbocycles. The van der Waals surface area contributed by atoms with Gasteiger partial charge in [-0.1, -0.05) is 15.9 Å². The number of methoxy groups -OCH3 is 1. The van der Waals surface area contributed by atoms with Gasteiger partial charge in [-0.15, -0.1) is 0 Å². The number of hydrogen-bond donors (Lipinski definition) is 1. The number of rotatable bonds is 4. The smallest absolute Gasteiger partial charge is 0.129 e. The van der Waals surface area contributed by atoms with Crippen molar-refractivity contribution >= 4 is 38.5 Å². The number of halogens is 2. The van der Waals surface area contributed by atoms with Crippen molar-refractivity contribution in [3.05, 3.63) is 55.5 Å². The lowest BCUT2D eigenvalue weighted by atomic mass is 10.1. The molecule has 0 aliphatic rings. The van der Waals surface area contributed by atoms with E-state index in [1.165, 1.54) is 0 Å². The fourth-order valence-corrected chi connectivity index (χ4v) is 2.70. The van der Waals surface area contributed by atoms with E-state index in [1.807, 2.05) is 30.3 Å². The van der Waals surface area contributed by atoms with Crippen LogP contribution in [-0.2, 0) is 11.3 Å². The van der Waals surface area contributed by atoms with Crippen LogP contribution in [0.25, 0.3) is 0 Å². The average molecular weight is 422 g/mol. The Hall–Kier alpha value is -0.370. The fraction of sp³-hybridized carbons (Fsp3) is 0.231. The van der Waals surface area contributed by atoms with Crippen LogP contribution in [0.15, 0.2) is 39.2 Å². The van der Waals surface area contributed by atoms with Gasteiger partial charge < -0.3 is 14.9 Å². The highest BCUT2D eigenvalue weighted by Gasteiger charge is 2.16. The van der Waals surface area contributed by atoms with Gasteiger partial charge in [0.2, 0.25) is 0 Å². The van der Waals surface area contributed by atoms with Gasteiger partial charge in [-0.2, -0.15) is 0 Å². The van der Waals surface area contributed by atoms with Gasteiger partial charge in [-0.25, -0.2) is 0 Å². The Morgan fingerprint density at radius 3 is 2.89 bits per heavy atom. The van der Waals surface area contributed by atoms with Crippen molar-refractivity contribution < 1.29 is 9.15 Å². The lowest BCUT2D eigenvalue weighted by molar-refractivity contribution is 0.162. The molecule has 1 atom stereocenters. The predicted molar refractivity (Wildman–Crippen MR) is 82.3 cm³/mol. The molecule has 5 heteroatoms. The molecule has 0 amide bonds. The Bertz CT molecular complexity index is 542. The maximum atomic E-state index is 6.23. The van der Waals surface area contributed by atoms with Crippen LogP contribution in [0, 0.1) is 3.57 Å². The zero-order valence-electron chi connectivity index (χ0n) is 9.82. The van der Waals surface area contributed by atoms with Gasteiger partial charge in [0.05, 0.1) is 6.04 Å². The summed E-state index contributed by atoms with van der Waals surface area (Å²) in [7, 11) is 1.64. The van der Waals surface area contributed by atoms with Crippen LogP contribution in [-0.4, -0.2) is 7.11 Å². The number of hydrogen-bond acceptors (Lipinski definition) is 3. The number of benzene rings is 1. The largest absolute Gasteiger partial charge is 0.462 e. The lowest BCUT2D eigenvalue weighted by Crippen LogP contribution is -2.11. The lowest BCUT2D eigenvalue weighted by Gasteiger charge is -2.12. The summed E-state index contributed by atoms with van der Waals surface area (Å²) in [6.07, 6.45) is 0. The summed E-state index contributed by atoms with van der Waals surface area (Å²) in [5.41, 5.74) is 7.24. The van der Waals surface area contributed by atoms with Gasteiger partial charge in [0, 0.05) is 15.2 Å². The first kappa shape index (κ1) is 14.0. The Kier molecular flexibility index (Phi) is 4.83. The van der Waals surface area contributed by atoms with Crippen molar-refractivity contribution in [1.82, 2.24) is 0 Å². The van der Waals surface area contributed by atoms with Crippen LogP contribution < -0.4 is 5.73 Å². The van der Waals surface area contributed by atoms with Crippen molar-refractivity contribution in [1.29, 1.82) is 0 Å². The molecular weight excluding hydrogens is 409 g/mol. The van der Waals surface area contributed by atoms with Crippen LogP contribution in [0.2, 0.25) is 0 Å². The molecule has 0 saturated heterocycles. The van der Waals surface area contributed by atoms with Crippen molar-refractivity contribution in [2.45, 2.75) is 12.6 Å². The first-order chi connectivity index (χ1) is 8.61. The Labute approximate surface area is 128 Å². The molecule has 2 aromatic rings. The summed E-state index contributed by atoms with van der Waals surface area (Å²) in [6, 6.07) is 9.58. The SMILES string of the molecule is COCc1ccc(C(N)c2cc(I)ccc2Br)o1. The molecule has 96 valence electrons. The quantitative estimate of drug-likeness (QED) is 0.763. The third-order valence-corrected chi connectivity index (χ3v) is 3.96. The van der Waals surface area contributed by atoms with Crippen molar-refractivity contribution in [2.24, 2.45) is 5.73 Å². The second-order valence-electron chi connectivity index (χ2n) is 3.88. The van der Waals surface area contributed by atoms with Gasteiger partial charge in [-0.3, -0.25) is 0 Å². The average Bonchev–Trinajstić information content (AvgIpc) is 2.80. The van der Waals surface area contributed by atoms with E-state index in [0.717, 1.165) is 25.1 Å². The van der Waals surface area contributed by atoms with Gasteiger partial charge >= 0.3 is 0 Å². The number of ether oxygens (including phenoxy) is 1. The maximum Gasteiger partial charge on any atom is 0.129 e. The first-order valence-electron chi connectivity index (χ1n) is 5.40. The zero-order valence-corrected chi connectivity index (χ0v) is 13.6. The molecule has 0 spiro atoms. The molecule has 1 unspecified atom stereocenters. The minimum absolute atomic E-state index is 0.278. The normalized spacial score (nSPS) is 12.7. The molecule has 1 aromatic heterocycles. The van der Waals surface area contributed by atoms with Crippen molar-refractivity contribution in [3.63, 3.8) is 0 Å². The minimum atomic E-state index is -0.278. The monoisotopic (exact) mass is 421 g/mol. The molecular formula is C13H13BrINO2. The van der Waals surface area contributed by atoms with Gasteiger partial charge in [0.1, 0.15) is 18.1 Å². The second-order valence-corrected chi connectivity index (χ2v) is 5.98. The summed E-state index contributed by atoms with van der Waals surface area (Å²) in [4.78, 5) is 0. The van der Waals surface area contributed by atoms with E-state index in [4.69, 9.17) is 14.9 Å². The highest BCUT2D eigenvalue weighted by atomic mass is 127. The predicted octanol–water partition coefficient (Wildman–Crippen LogP) is 3.84. The Morgan fingerprint density at radius 2 is 2.17 bits per heavy atom. The van der Waals surface area contributed by atoms with Crippen LogP contribution >= 0.6 is 38.5 Å². The van der Waals surface area contributed by atoms with E-state index in [9.17, 15) is 0 Å². The molecule has 2 rings (SSSR count). The molecule has 3 nitrogen and oxygen atoms in total. The van der Waals surface area contributed by atoms with Gasteiger partial charge in [-0.05, 0) is 58.5 Å². The van der Waals surface area contributed by atoms with Crippen molar-refractivity contribution in [3.8, 4) is 0 Å². The molecule has 2 N–H and O–H groups in total. The van der Waals surface area contributed by atoms with Crippen LogP contribution in [0.1, 0.15) is 23.1 Å². The highest BCUT2D eigenvalue weighted by molar-refractivity contribution is 14.1. The molecule has 0 radical (unpaired) electrons. The number of furan rings is 1. The van der Waals surface area contributed by atoms with Crippen LogP contribution in [0.5, 0.6) is 0 Å². The maximum absolute atomic E-state index is 6.23. The van der Waals surface area contributed by atoms with Crippen LogP contribution in [0.4, 0.5) is 0 Å². The Balaban J connectivity index is 2.29. The minimum Gasteiger partial charge on any atom is -0.462 e. The third kappa shape index (κ3) is 3.14. The summed E-state index contributed by atoms with van der Waals surface area (Å²) in [5.74, 6) is 1.52. The van der Waals surface area contributed by atoms with E-state index < -0.39 is 0 Å². The molecule has 0 saturated carbocycles. The highest BCUT2D eigenvalue weighted by Crippen LogP contribution is 2.29. The first-order valence-corrected chi connectivity index (χ1v) is 7.27.